The molecule has 118 valence electrons. The van der Waals surface area contributed by atoms with Crippen molar-refractivity contribution < 1.29 is 50.7 Å². The summed E-state index contributed by atoms with van der Waals surface area (Å²) in [4.78, 5) is 0. The van der Waals surface area contributed by atoms with Crippen LogP contribution in [0.25, 0.3) is 5.32 Å². The zero-order valence-corrected chi connectivity index (χ0v) is 20.0. The maximum atomic E-state index is 5.16. The van der Waals surface area contributed by atoms with Crippen LogP contribution in [0.5, 0.6) is 0 Å². The fourth-order valence-electron chi connectivity index (χ4n) is 2.46. The molecule has 0 aromatic heterocycles. The van der Waals surface area contributed by atoms with Crippen molar-refractivity contribution in [3.63, 3.8) is 0 Å². The molecule has 0 aromatic carbocycles. The first-order valence-corrected chi connectivity index (χ1v) is 9.73. The Bertz CT molecular complexity index is 314. The van der Waals surface area contributed by atoms with Gasteiger partial charge in [0.25, 0.3) is 0 Å². The molecule has 2 unspecified atom stereocenters. The summed E-state index contributed by atoms with van der Waals surface area (Å²) in [5.41, 5.74) is 0.996. The van der Waals surface area contributed by atoms with Crippen molar-refractivity contribution in [2.24, 2.45) is 5.41 Å². The van der Waals surface area contributed by atoms with E-state index in [0.717, 1.165) is 0 Å². The van der Waals surface area contributed by atoms with Gasteiger partial charge in [0.2, 0.25) is 0 Å². The molecule has 0 radical (unpaired) electrons. The van der Waals surface area contributed by atoms with E-state index >= 15 is 0 Å². The summed E-state index contributed by atoms with van der Waals surface area (Å²) < 4.78 is 0. The number of rotatable bonds is 4. The predicted molar refractivity (Wildman–Crippen MR) is 81.6 cm³/mol. The molecule has 20 heavy (non-hydrogen) atoms. The van der Waals surface area contributed by atoms with Gasteiger partial charge in [-0.3, -0.25) is 0 Å². The second kappa shape index (κ2) is 9.99. The molecular formula is C15H28Cl2HfNSi-3. The minimum absolute atomic E-state index is 0. The van der Waals surface area contributed by atoms with Crippen LogP contribution >= 0.6 is 0 Å². The Balaban J connectivity index is -0.000000963. The molecule has 1 rings (SSSR count). The van der Waals surface area contributed by atoms with Crippen LogP contribution in [0.15, 0.2) is 24.3 Å². The van der Waals surface area contributed by atoms with Crippen molar-refractivity contribution in [3.05, 3.63) is 29.6 Å². The van der Waals surface area contributed by atoms with Gasteiger partial charge in [-0.1, -0.05) is 89.0 Å². The molecule has 0 bridgehead atoms. The number of hydrogen-bond acceptors (Lipinski definition) is 0. The summed E-state index contributed by atoms with van der Waals surface area (Å²) in [6, 6.07) is 0.287. The van der Waals surface area contributed by atoms with E-state index in [2.05, 4.69) is 72.0 Å². The standard InChI is InChI=1S/C15H28NSi.2ClH.Hf/c1-12(17(6)7)15(5,14(2,3)4)16-13-10-8-9-11-13;;;/h8-13,17H,1-7H3;2*1H;/q-1;;;/p-2. The Morgan fingerprint density at radius 1 is 1.00 bits per heavy atom. The normalized spacial score (nSPS) is 18.8. The molecule has 0 spiro atoms. The van der Waals surface area contributed by atoms with Crippen LogP contribution in [0, 0.1) is 5.41 Å². The van der Waals surface area contributed by atoms with Gasteiger partial charge in [-0.15, -0.1) is 5.54 Å². The van der Waals surface area contributed by atoms with Gasteiger partial charge >= 0.3 is 0 Å². The molecule has 1 aliphatic carbocycles. The van der Waals surface area contributed by atoms with Crippen LogP contribution in [-0.4, -0.2) is 20.4 Å². The van der Waals surface area contributed by atoms with Crippen molar-refractivity contribution in [2.75, 3.05) is 0 Å². The molecular weight excluding hydrogens is 472 g/mol. The molecule has 5 heteroatoms. The van der Waals surface area contributed by atoms with Crippen molar-refractivity contribution in [1.82, 2.24) is 0 Å². The van der Waals surface area contributed by atoms with Crippen LogP contribution in [0.4, 0.5) is 0 Å². The fraction of sp³-hybridized carbons (Fsp3) is 0.733. The first kappa shape index (κ1) is 26.0. The number of nitrogens with zero attached hydrogens (tertiary/aromatic N) is 1. The smallest absolute Gasteiger partial charge is 0.0322 e. The van der Waals surface area contributed by atoms with Crippen molar-refractivity contribution in [1.29, 1.82) is 0 Å². The molecule has 1 nitrogen and oxygen atoms in total. The van der Waals surface area contributed by atoms with Gasteiger partial charge in [0.05, 0.1) is 0 Å². The van der Waals surface area contributed by atoms with Crippen LogP contribution in [0.2, 0.25) is 18.6 Å². The molecule has 0 fully saturated rings. The Kier molecular flexibility index (Phi) is 13.0. The van der Waals surface area contributed by atoms with Gasteiger partial charge in [-0.2, -0.15) is 0 Å². The SMILES string of the molecule is CC([SiH](C)C)C(C)([N-]C1C=CC=C1)C(C)(C)C.[Cl-].[Cl-].[Hf]. The van der Waals surface area contributed by atoms with Crippen molar-refractivity contribution >= 4 is 8.80 Å². The minimum atomic E-state index is -0.692. The average molecular weight is 500 g/mol. The van der Waals surface area contributed by atoms with Crippen LogP contribution < -0.4 is 24.8 Å². The fourth-order valence-corrected chi connectivity index (χ4v) is 4.34. The summed E-state index contributed by atoms with van der Waals surface area (Å²) in [6.07, 6.45) is 8.60. The minimum Gasteiger partial charge on any atom is -1.00 e. The molecule has 0 N–H and O–H groups in total. The molecule has 0 saturated heterocycles. The summed E-state index contributed by atoms with van der Waals surface area (Å²) in [5.74, 6) is 0. The Morgan fingerprint density at radius 3 is 1.70 bits per heavy atom. The van der Waals surface area contributed by atoms with E-state index in [1.54, 1.807) is 0 Å². The molecule has 0 aromatic rings. The Labute approximate surface area is 158 Å². The zero-order chi connectivity index (χ0) is 13.3. The Morgan fingerprint density at radius 2 is 1.40 bits per heavy atom. The number of allylic oxidation sites excluding steroid dienone is 2. The van der Waals surface area contributed by atoms with E-state index in [-0.39, 0.29) is 67.7 Å². The third kappa shape index (κ3) is 6.08. The summed E-state index contributed by atoms with van der Waals surface area (Å²) >= 11 is 0. The van der Waals surface area contributed by atoms with Gasteiger partial charge in [-0.25, -0.2) is 0 Å². The average Bonchev–Trinajstić information content (AvgIpc) is 2.67. The third-order valence-electron chi connectivity index (χ3n) is 4.55. The third-order valence-corrected chi connectivity index (χ3v) is 7.20. The van der Waals surface area contributed by atoms with Crippen LogP contribution in [0.1, 0.15) is 34.6 Å². The molecule has 0 saturated carbocycles. The molecule has 0 aliphatic heterocycles. The first-order chi connectivity index (χ1) is 7.68. The van der Waals surface area contributed by atoms with E-state index in [9.17, 15) is 0 Å². The van der Waals surface area contributed by atoms with Gasteiger partial charge in [-0.05, 0) is 0 Å². The van der Waals surface area contributed by atoms with Gasteiger partial charge < -0.3 is 30.1 Å². The largest absolute Gasteiger partial charge is 1.00 e. The quantitative estimate of drug-likeness (QED) is 0.420. The van der Waals surface area contributed by atoms with E-state index in [4.69, 9.17) is 5.32 Å². The summed E-state index contributed by atoms with van der Waals surface area (Å²) in [6.45, 7) is 16.6. The molecule has 0 heterocycles. The van der Waals surface area contributed by atoms with Crippen LogP contribution in [0.3, 0.4) is 0 Å². The zero-order valence-electron chi connectivity index (χ0n) is 13.7. The monoisotopic (exact) mass is 500 g/mol. The van der Waals surface area contributed by atoms with Crippen molar-refractivity contribution in [3.8, 4) is 0 Å². The summed E-state index contributed by atoms with van der Waals surface area (Å²) in [5, 5.41) is 5.16. The van der Waals surface area contributed by atoms with E-state index in [0.29, 0.717) is 5.54 Å². The predicted octanol–water partition coefficient (Wildman–Crippen LogP) is -1.46. The topological polar surface area (TPSA) is 14.1 Å². The molecule has 0 amide bonds. The van der Waals surface area contributed by atoms with Crippen molar-refractivity contribution in [2.45, 2.75) is 64.8 Å². The summed E-state index contributed by atoms with van der Waals surface area (Å²) in [7, 11) is -0.692. The van der Waals surface area contributed by atoms with E-state index in [1.807, 2.05) is 0 Å². The maximum absolute atomic E-state index is 5.16. The second-order valence-electron chi connectivity index (χ2n) is 6.82. The molecule has 1 aliphatic rings. The van der Waals surface area contributed by atoms with Gasteiger partial charge in [0.1, 0.15) is 0 Å². The first-order valence-electron chi connectivity index (χ1n) is 6.75. The maximum Gasteiger partial charge on any atom is 0.0322 e. The van der Waals surface area contributed by atoms with Crippen LogP contribution in [-0.2, 0) is 25.8 Å². The second-order valence-corrected chi connectivity index (χ2v) is 10.3. The van der Waals surface area contributed by atoms with E-state index < -0.39 is 8.80 Å². The number of halogens is 2. The van der Waals surface area contributed by atoms with Gasteiger partial charge in [0, 0.05) is 34.6 Å². The number of hydrogen-bond donors (Lipinski definition) is 0. The molecule has 2 atom stereocenters. The van der Waals surface area contributed by atoms with Gasteiger partial charge in [0.15, 0.2) is 0 Å². The Hall–Kier alpha value is 1.11. The van der Waals surface area contributed by atoms with E-state index in [1.165, 1.54) is 0 Å².